The molecule has 1 aromatic rings. The molecule has 0 bridgehead atoms. The van der Waals surface area contributed by atoms with Crippen LogP contribution < -0.4 is 9.47 Å². The van der Waals surface area contributed by atoms with Crippen molar-refractivity contribution >= 4 is 0 Å². The lowest BCUT2D eigenvalue weighted by Gasteiger charge is -2.36. The second kappa shape index (κ2) is 8.02. The van der Waals surface area contributed by atoms with E-state index in [1.54, 1.807) is 7.11 Å². The predicted molar refractivity (Wildman–Crippen MR) is 86.2 cm³/mol. The van der Waals surface area contributed by atoms with Crippen LogP contribution in [0.5, 0.6) is 11.5 Å². The molecule has 0 aliphatic carbocycles. The van der Waals surface area contributed by atoms with Gasteiger partial charge in [0.1, 0.15) is 6.04 Å². The van der Waals surface area contributed by atoms with Crippen LogP contribution in [0.2, 0.25) is 0 Å². The lowest BCUT2D eigenvalue weighted by Crippen LogP contribution is -2.47. The lowest BCUT2D eigenvalue weighted by atomic mass is 10.0. The Hall–Kier alpha value is -1.77. The summed E-state index contributed by atoms with van der Waals surface area (Å²) in [5.74, 6) is 1.41. The maximum Gasteiger partial charge on any atom is 0.161 e. The summed E-state index contributed by atoms with van der Waals surface area (Å²) in [7, 11) is 1.63. The molecular formula is C17H25N3O2. The fraction of sp³-hybridized carbons (Fsp3) is 0.588. The zero-order valence-electron chi connectivity index (χ0n) is 13.7. The van der Waals surface area contributed by atoms with Gasteiger partial charge in [0.05, 0.1) is 19.8 Å². The summed E-state index contributed by atoms with van der Waals surface area (Å²) in [4.78, 5) is 4.64. The molecule has 0 spiro atoms. The maximum absolute atomic E-state index is 9.61. The molecular weight excluding hydrogens is 278 g/mol. The number of rotatable bonds is 6. The summed E-state index contributed by atoms with van der Waals surface area (Å²) >= 11 is 0. The first-order valence-corrected chi connectivity index (χ1v) is 7.90. The van der Waals surface area contributed by atoms with Gasteiger partial charge in [0.15, 0.2) is 11.5 Å². The van der Waals surface area contributed by atoms with Crippen LogP contribution in [0, 0.1) is 11.3 Å². The van der Waals surface area contributed by atoms with Crippen LogP contribution >= 0.6 is 0 Å². The Bertz CT molecular complexity index is 519. The summed E-state index contributed by atoms with van der Waals surface area (Å²) in [5.41, 5.74) is 0.966. The van der Waals surface area contributed by atoms with Gasteiger partial charge in [-0.05, 0) is 31.2 Å². The summed E-state index contributed by atoms with van der Waals surface area (Å²) in [6, 6.07) is 7.98. The van der Waals surface area contributed by atoms with Gasteiger partial charge in [0, 0.05) is 26.2 Å². The van der Waals surface area contributed by atoms with Gasteiger partial charge in [-0.2, -0.15) is 5.26 Å². The number of nitrogens with zero attached hydrogens (tertiary/aromatic N) is 3. The predicted octanol–water partition coefficient (Wildman–Crippen LogP) is 2.30. The highest BCUT2D eigenvalue weighted by molar-refractivity contribution is 5.45. The zero-order chi connectivity index (χ0) is 15.9. The molecule has 1 aromatic carbocycles. The monoisotopic (exact) mass is 303 g/mol. The van der Waals surface area contributed by atoms with Crippen LogP contribution in [0.25, 0.3) is 0 Å². The Kier molecular flexibility index (Phi) is 6.05. The molecule has 1 aliphatic rings. The molecule has 22 heavy (non-hydrogen) atoms. The molecule has 1 aliphatic heterocycles. The molecule has 1 fully saturated rings. The minimum atomic E-state index is -0.233. The second-order valence-electron chi connectivity index (χ2n) is 5.35. The SMILES string of the molecule is CCOc1ccc(C(C#N)N2CCN(CC)CC2)cc1OC. The van der Waals surface area contributed by atoms with E-state index in [0.29, 0.717) is 12.4 Å². The van der Waals surface area contributed by atoms with Crippen molar-refractivity contribution in [2.75, 3.05) is 46.4 Å². The van der Waals surface area contributed by atoms with Crippen LogP contribution in [-0.2, 0) is 0 Å². The van der Waals surface area contributed by atoms with Gasteiger partial charge >= 0.3 is 0 Å². The molecule has 0 aromatic heterocycles. The molecule has 2 rings (SSSR count). The number of benzene rings is 1. The van der Waals surface area contributed by atoms with Crippen LogP contribution in [0.4, 0.5) is 0 Å². The van der Waals surface area contributed by atoms with Crippen LogP contribution in [0.15, 0.2) is 18.2 Å². The molecule has 0 radical (unpaired) electrons. The number of ether oxygens (including phenoxy) is 2. The average Bonchev–Trinajstić information content (AvgIpc) is 2.57. The quantitative estimate of drug-likeness (QED) is 0.807. The van der Waals surface area contributed by atoms with Crippen molar-refractivity contribution in [1.82, 2.24) is 9.80 Å². The minimum absolute atomic E-state index is 0.233. The number of hydrogen-bond donors (Lipinski definition) is 0. The molecule has 1 unspecified atom stereocenters. The Morgan fingerprint density at radius 1 is 1.18 bits per heavy atom. The van der Waals surface area contributed by atoms with E-state index in [4.69, 9.17) is 9.47 Å². The van der Waals surface area contributed by atoms with E-state index in [-0.39, 0.29) is 6.04 Å². The van der Waals surface area contributed by atoms with Crippen molar-refractivity contribution < 1.29 is 9.47 Å². The molecule has 1 atom stereocenters. The first-order chi connectivity index (χ1) is 10.7. The Morgan fingerprint density at radius 3 is 2.45 bits per heavy atom. The first kappa shape index (κ1) is 16.6. The van der Waals surface area contributed by atoms with Gasteiger partial charge in [-0.1, -0.05) is 13.0 Å². The Morgan fingerprint density at radius 2 is 1.91 bits per heavy atom. The highest BCUT2D eigenvalue weighted by Crippen LogP contribution is 2.32. The average molecular weight is 303 g/mol. The highest BCUT2D eigenvalue weighted by Gasteiger charge is 2.25. The van der Waals surface area contributed by atoms with Crippen LogP contribution in [-0.4, -0.2) is 56.2 Å². The molecule has 1 saturated heterocycles. The number of hydrogen-bond acceptors (Lipinski definition) is 5. The van der Waals surface area contributed by atoms with E-state index in [2.05, 4.69) is 22.8 Å². The van der Waals surface area contributed by atoms with Crippen molar-refractivity contribution in [3.63, 3.8) is 0 Å². The van der Waals surface area contributed by atoms with Gasteiger partial charge in [-0.15, -0.1) is 0 Å². The summed E-state index contributed by atoms with van der Waals surface area (Å²) in [6.07, 6.45) is 0. The largest absolute Gasteiger partial charge is 0.493 e. The molecule has 0 amide bonds. The summed E-state index contributed by atoms with van der Waals surface area (Å²) in [6.45, 7) is 9.65. The number of nitriles is 1. The third-order valence-electron chi connectivity index (χ3n) is 4.14. The molecule has 5 nitrogen and oxygen atoms in total. The fourth-order valence-corrected chi connectivity index (χ4v) is 2.83. The molecule has 5 heteroatoms. The van der Waals surface area contributed by atoms with Crippen molar-refractivity contribution in [2.45, 2.75) is 19.9 Å². The molecule has 1 heterocycles. The number of methoxy groups -OCH3 is 1. The summed E-state index contributed by atoms with van der Waals surface area (Å²) in [5, 5.41) is 9.61. The van der Waals surface area contributed by atoms with Crippen LogP contribution in [0.1, 0.15) is 25.5 Å². The van der Waals surface area contributed by atoms with E-state index in [0.717, 1.165) is 44.0 Å². The second-order valence-corrected chi connectivity index (χ2v) is 5.35. The molecule has 0 saturated carbocycles. The molecule has 0 N–H and O–H groups in total. The fourth-order valence-electron chi connectivity index (χ4n) is 2.83. The van der Waals surface area contributed by atoms with E-state index in [1.807, 2.05) is 25.1 Å². The van der Waals surface area contributed by atoms with E-state index in [9.17, 15) is 5.26 Å². The van der Waals surface area contributed by atoms with Gasteiger partial charge in [-0.3, -0.25) is 4.90 Å². The van der Waals surface area contributed by atoms with Crippen molar-refractivity contribution in [2.24, 2.45) is 0 Å². The third-order valence-corrected chi connectivity index (χ3v) is 4.14. The van der Waals surface area contributed by atoms with Crippen molar-refractivity contribution in [3.8, 4) is 17.6 Å². The number of piperazine rings is 1. The van der Waals surface area contributed by atoms with E-state index < -0.39 is 0 Å². The Labute approximate surface area is 133 Å². The zero-order valence-corrected chi connectivity index (χ0v) is 13.7. The normalized spacial score (nSPS) is 17.7. The smallest absolute Gasteiger partial charge is 0.161 e. The summed E-state index contributed by atoms with van der Waals surface area (Å²) < 4.78 is 10.9. The van der Waals surface area contributed by atoms with Gasteiger partial charge in [0.2, 0.25) is 0 Å². The van der Waals surface area contributed by atoms with Crippen LogP contribution in [0.3, 0.4) is 0 Å². The Balaban J connectivity index is 2.16. The standard InChI is InChI=1S/C17H25N3O2/c1-4-19-8-10-20(11-9-19)15(13-18)14-6-7-16(22-5-2)17(12-14)21-3/h6-7,12,15H,4-5,8-11H2,1-3H3. The highest BCUT2D eigenvalue weighted by atomic mass is 16.5. The topological polar surface area (TPSA) is 48.7 Å². The number of likely N-dealkylation sites (N-methyl/N-ethyl adjacent to an activating group) is 1. The third kappa shape index (κ3) is 3.70. The van der Waals surface area contributed by atoms with Gasteiger partial charge < -0.3 is 14.4 Å². The van der Waals surface area contributed by atoms with Gasteiger partial charge in [-0.25, -0.2) is 0 Å². The van der Waals surface area contributed by atoms with Gasteiger partial charge in [0.25, 0.3) is 0 Å². The maximum atomic E-state index is 9.61. The van der Waals surface area contributed by atoms with Crippen molar-refractivity contribution in [1.29, 1.82) is 5.26 Å². The lowest BCUT2D eigenvalue weighted by molar-refractivity contribution is 0.118. The van der Waals surface area contributed by atoms with E-state index >= 15 is 0 Å². The van der Waals surface area contributed by atoms with Crippen molar-refractivity contribution in [3.05, 3.63) is 23.8 Å². The molecule has 120 valence electrons. The first-order valence-electron chi connectivity index (χ1n) is 7.90. The van der Waals surface area contributed by atoms with E-state index in [1.165, 1.54) is 0 Å². The minimum Gasteiger partial charge on any atom is -0.493 e.